The van der Waals surface area contributed by atoms with Gasteiger partial charge in [-0.1, -0.05) is 18.2 Å². The van der Waals surface area contributed by atoms with E-state index < -0.39 is 11.9 Å². The lowest BCUT2D eigenvalue weighted by molar-refractivity contribution is -0.136. The number of carboxylic acids is 1. The fourth-order valence-electron chi connectivity index (χ4n) is 1.79. The van der Waals surface area contributed by atoms with Crippen molar-refractivity contribution in [2.24, 2.45) is 0 Å². The van der Waals surface area contributed by atoms with E-state index in [9.17, 15) is 14.7 Å². The summed E-state index contributed by atoms with van der Waals surface area (Å²) in [5, 5.41) is 21.4. The molecule has 0 aliphatic rings. The van der Waals surface area contributed by atoms with E-state index >= 15 is 0 Å². The SMILES string of the molecule is Cc1sc(C(=O)Nc2ccccc2)c(O)c1CC(=O)O. The lowest BCUT2D eigenvalue weighted by Gasteiger charge is -2.03. The zero-order valence-electron chi connectivity index (χ0n) is 10.7. The highest BCUT2D eigenvalue weighted by Crippen LogP contribution is 2.34. The minimum absolute atomic E-state index is 0.127. The quantitative estimate of drug-likeness (QED) is 0.808. The van der Waals surface area contributed by atoms with Crippen molar-refractivity contribution < 1.29 is 19.8 Å². The standard InChI is InChI=1S/C14H13NO4S/c1-8-10(7-11(16)17)12(18)13(20-8)14(19)15-9-5-3-2-4-6-9/h2-6,18H,7H2,1H3,(H,15,19)(H,16,17). The minimum atomic E-state index is -1.05. The Bertz CT molecular complexity index is 649. The van der Waals surface area contributed by atoms with E-state index in [4.69, 9.17) is 5.11 Å². The third-order valence-electron chi connectivity index (χ3n) is 2.75. The summed E-state index contributed by atoms with van der Waals surface area (Å²) in [6.07, 6.45) is -0.299. The maximum Gasteiger partial charge on any atom is 0.308 e. The van der Waals surface area contributed by atoms with Gasteiger partial charge in [0.25, 0.3) is 5.91 Å². The smallest absolute Gasteiger partial charge is 0.308 e. The number of nitrogens with one attached hydrogen (secondary N) is 1. The van der Waals surface area contributed by atoms with Crippen molar-refractivity contribution in [1.82, 2.24) is 0 Å². The number of aliphatic carboxylic acids is 1. The molecule has 0 unspecified atom stereocenters. The average Bonchev–Trinajstić information content (AvgIpc) is 2.67. The molecule has 0 aliphatic carbocycles. The normalized spacial score (nSPS) is 10.2. The van der Waals surface area contributed by atoms with Crippen LogP contribution in [0.15, 0.2) is 30.3 Å². The molecule has 1 heterocycles. The number of hydrogen-bond acceptors (Lipinski definition) is 4. The van der Waals surface area contributed by atoms with Gasteiger partial charge in [-0.15, -0.1) is 11.3 Å². The number of aromatic hydroxyl groups is 1. The first-order chi connectivity index (χ1) is 9.49. The molecule has 5 nitrogen and oxygen atoms in total. The van der Waals surface area contributed by atoms with E-state index in [1.54, 1.807) is 31.2 Å². The van der Waals surface area contributed by atoms with Gasteiger partial charge in [-0.25, -0.2) is 0 Å². The number of thiophene rings is 1. The van der Waals surface area contributed by atoms with Crippen molar-refractivity contribution in [3.8, 4) is 5.75 Å². The van der Waals surface area contributed by atoms with Crippen LogP contribution in [0.3, 0.4) is 0 Å². The summed E-state index contributed by atoms with van der Waals surface area (Å²) in [6.45, 7) is 1.68. The summed E-state index contributed by atoms with van der Waals surface area (Å²) in [4.78, 5) is 23.6. The number of anilines is 1. The molecule has 2 rings (SSSR count). The molecule has 0 spiro atoms. The number of carbonyl (C=O) groups is 2. The lowest BCUT2D eigenvalue weighted by atomic mass is 10.1. The van der Waals surface area contributed by atoms with Gasteiger partial charge in [0.2, 0.25) is 0 Å². The van der Waals surface area contributed by atoms with E-state index in [0.717, 1.165) is 11.3 Å². The van der Waals surface area contributed by atoms with Gasteiger partial charge in [0.1, 0.15) is 10.6 Å². The first-order valence-electron chi connectivity index (χ1n) is 5.88. The maximum atomic E-state index is 12.1. The molecule has 3 N–H and O–H groups in total. The van der Waals surface area contributed by atoms with Crippen LogP contribution in [-0.2, 0) is 11.2 Å². The second kappa shape index (κ2) is 5.75. The molecule has 1 aromatic carbocycles. The molecule has 0 fully saturated rings. The Kier molecular flexibility index (Phi) is 4.05. The van der Waals surface area contributed by atoms with E-state index in [1.807, 2.05) is 6.07 Å². The van der Waals surface area contributed by atoms with Crippen molar-refractivity contribution >= 4 is 28.9 Å². The highest BCUT2D eigenvalue weighted by Gasteiger charge is 2.22. The molecule has 1 amide bonds. The van der Waals surface area contributed by atoms with Gasteiger partial charge in [0, 0.05) is 16.1 Å². The molecule has 0 atom stereocenters. The van der Waals surface area contributed by atoms with Crippen LogP contribution >= 0.6 is 11.3 Å². The van der Waals surface area contributed by atoms with Gasteiger partial charge in [-0.3, -0.25) is 9.59 Å². The van der Waals surface area contributed by atoms with Gasteiger partial charge in [0.05, 0.1) is 6.42 Å². The number of carbonyl (C=O) groups excluding carboxylic acids is 1. The molecule has 0 aliphatic heterocycles. The van der Waals surface area contributed by atoms with E-state index in [0.29, 0.717) is 16.1 Å². The number of carboxylic acid groups (broad SMARTS) is 1. The first-order valence-corrected chi connectivity index (χ1v) is 6.70. The zero-order valence-corrected chi connectivity index (χ0v) is 11.5. The van der Waals surface area contributed by atoms with E-state index in [-0.39, 0.29) is 17.0 Å². The fourth-order valence-corrected chi connectivity index (χ4v) is 2.75. The van der Waals surface area contributed by atoms with Crippen LogP contribution in [0.5, 0.6) is 5.75 Å². The number of hydrogen-bond donors (Lipinski definition) is 3. The number of aryl methyl sites for hydroxylation is 1. The van der Waals surface area contributed by atoms with Crippen LogP contribution in [-0.4, -0.2) is 22.1 Å². The molecule has 1 aromatic heterocycles. The van der Waals surface area contributed by atoms with Crippen LogP contribution in [0.1, 0.15) is 20.1 Å². The van der Waals surface area contributed by atoms with Crippen LogP contribution < -0.4 is 5.32 Å². The molecular formula is C14H13NO4S. The van der Waals surface area contributed by atoms with Crippen LogP contribution in [0, 0.1) is 6.92 Å². The minimum Gasteiger partial charge on any atom is -0.506 e. The summed E-state index contributed by atoms with van der Waals surface area (Å²) in [5.41, 5.74) is 0.906. The predicted octanol–water partition coefficient (Wildman–Crippen LogP) is 2.64. The summed E-state index contributed by atoms with van der Waals surface area (Å²) in [5.74, 6) is -1.74. The fraction of sp³-hybridized carbons (Fsp3) is 0.143. The van der Waals surface area contributed by atoms with Crippen LogP contribution in [0.4, 0.5) is 5.69 Å². The monoisotopic (exact) mass is 291 g/mol. The third-order valence-corrected chi connectivity index (χ3v) is 3.88. The van der Waals surface area contributed by atoms with Gasteiger partial charge in [-0.05, 0) is 19.1 Å². The molecule has 0 saturated carbocycles. The second-order valence-corrected chi connectivity index (χ2v) is 5.43. The van der Waals surface area contributed by atoms with Gasteiger partial charge in [-0.2, -0.15) is 0 Å². The van der Waals surface area contributed by atoms with Gasteiger partial charge >= 0.3 is 5.97 Å². The Balaban J connectivity index is 2.25. The topological polar surface area (TPSA) is 86.6 Å². The van der Waals surface area contributed by atoms with E-state index in [2.05, 4.69) is 5.32 Å². The molecular weight excluding hydrogens is 278 g/mol. The van der Waals surface area contributed by atoms with Crippen molar-refractivity contribution in [1.29, 1.82) is 0 Å². The molecule has 20 heavy (non-hydrogen) atoms. The van der Waals surface area contributed by atoms with Crippen molar-refractivity contribution in [2.75, 3.05) is 5.32 Å². The Morgan fingerprint density at radius 1 is 1.25 bits per heavy atom. The molecule has 0 radical (unpaired) electrons. The number of benzene rings is 1. The van der Waals surface area contributed by atoms with E-state index in [1.165, 1.54) is 0 Å². The average molecular weight is 291 g/mol. The number of rotatable bonds is 4. The second-order valence-electron chi connectivity index (χ2n) is 4.21. The molecule has 2 aromatic rings. The summed E-state index contributed by atoms with van der Waals surface area (Å²) in [7, 11) is 0. The molecule has 104 valence electrons. The largest absolute Gasteiger partial charge is 0.506 e. The lowest BCUT2D eigenvalue weighted by Crippen LogP contribution is -2.10. The zero-order chi connectivity index (χ0) is 14.7. The molecule has 0 saturated heterocycles. The van der Waals surface area contributed by atoms with Gasteiger partial charge in [0.15, 0.2) is 0 Å². The Labute approximate surface area is 119 Å². The van der Waals surface area contributed by atoms with Crippen molar-refractivity contribution in [3.05, 3.63) is 45.6 Å². The Morgan fingerprint density at radius 2 is 1.90 bits per heavy atom. The third kappa shape index (κ3) is 2.97. The van der Waals surface area contributed by atoms with Crippen LogP contribution in [0.2, 0.25) is 0 Å². The number of para-hydroxylation sites is 1. The first kappa shape index (κ1) is 14.1. The highest BCUT2D eigenvalue weighted by atomic mass is 32.1. The highest BCUT2D eigenvalue weighted by molar-refractivity contribution is 7.14. The van der Waals surface area contributed by atoms with Gasteiger partial charge < -0.3 is 15.5 Å². The maximum absolute atomic E-state index is 12.1. The Hall–Kier alpha value is -2.34. The van der Waals surface area contributed by atoms with Crippen molar-refractivity contribution in [2.45, 2.75) is 13.3 Å². The van der Waals surface area contributed by atoms with Crippen molar-refractivity contribution in [3.63, 3.8) is 0 Å². The summed E-state index contributed by atoms with van der Waals surface area (Å²) >= 11 is 1.08. The molecule has 6 heteroatoms. The summed E-state index contributed by atoms with van der Waals surface area (Å²) in [6, 6.07) is 8.85. The molecule has 0 bridgehead atoms. The predicted molar refractivity (Wildman–Crippen MR) is 76.5 cm³/mol. The Morgan fingerprint density at radius 3 is 2.50 bits per heavy atom. The summed E-state index contributed by atoms with van der Waals surface area (Å²) < 4.78 is 0. The van der Waals surface area contributed by atoms with Crippen LogP contribution in [0.25, 0.3) is 0 Å². The number of amides is 1.